The fourth-order valence-electron chi connectivity index (χ4n) is 2.19. The first-order valence-corrected chi connectivity index (χ1v) is 6.90. The molecule has 4 heteroatoms. The predicted molar refractivity (Wildman–Crippen MR) is 75.6 cm³/mol. The van der Waals surface area contributed by atoms with Gasteiger partial charge in [0.2, 0.25) is 0 Å². The Hall–Kier alpha value is -0.610. The van der Waals surface area contributed by atoms with Gasteiger partial charge in [-0.3, -0.25) is 0 Å². The molecular weight excluding hydrogens is 278 g/mol. The van der Waals surface area contributed by atoms with Crippen LogP contribution < -0.4 is 10.2 Å². The minimum absolute atomic E-state index is 0.293. The van der Waals surface area contributed by atoms with Gasteiger partial charge in [-0.05, 0) is 61.8 Å². The van der Waals surface area contributed by atoms with Crippen LogP contribution in [0.5, 0.6) is 0 Å². The number of pyridine rings is 1. The zero-order valence-corrected chi connectivity index (χ0v) is 12.3. The summed E-state index contributed by atoms with van der Waals surface area (Å²) in [7, 11) is 2.05. The average molecular weight is 298 g/mol. The lowest BCUT2D eigenvalue weighted by molar-refractivity contribution is 0.304. The van der Waals surface area contributed by atoms with E-state index in [0.29, 0.717) is 5.54 Å². The van der Waals surface area contributed by atoms with E-state index in [9.17, 15) is 0 Å². The molecule has 1 aromatic heterocycles. The van der Waals surface area contributed by atoms with E-state index in [0.717, 1.165) is 29.1 Å². The average Bonchev–Trinajstić information content (AvgIpc) is 2.34. The number of anilines is 1. The first-order chi connectivity index (χ1) is 8.04. The summed E-state index contributed by atoms with van der Waals surface area (Å²) in [5, 5.41) is 3.42. The van der Waals surface area contributed by atoms with Crippen LogP contribution in [0.1, 0.15) is 25.5 Å². The molecular formula is C13H20BrN3. The van der Waals surface area contributed by atoms with Crippen LogP contribution in [0.2, 0.25) is 0 Å². The van der Waals surface area contributed by atoms with Crippen molar-refractivity contribution in [3.63, 3.8) is 0 Å². The van der Waals surface area contributed by atoms with Crippen LogP contribution in [0.25, 0.3) is 0 Å². The van der Waals surface area contributed by atoms with Gasteiger partial charge in [0.1, 0.15) is 5.82 Å². The lowest BCUT2D eigenvalue weighted by atomic mass is 9.90. The van der Waals surface area contributed by atoms with Crippen LogP contribution >= 0.6 is 15.9 Å². The molecule has 0 spiro atoms. The normalized spacial score (nSPS) is 19.4. The fourth-order valence-corrected chi connectivity index (χ4v) is 2.41. The number of aryl methyl sites for hydroxylation is 1. The van der Waals surface area contributed by atoms with Crippen molar-refractivity contribution in [1.29, 1.82) is 0 Å². The molecule has 0 unspecified atom stereocenters. The first kappa shape index (κ1) is 12.8. The molecule has 0 atom stereocenters. The molecule has 0 aromatic carbocycles. The van der Waals surface area contributed by atoms with Crippen molar-refractivity contribution < 1.29 is 0 Å². The Kier molecular flexibility index (Phi) is 3.73. The summed E-state index contributed by atoms with van der Waals surface area (Å²) in [4.78, 5) is 7.00. The number of hydrogen-bond donors (Lipinski definition) is 1. The Morgan fingerprint density at radius 2 is 2.00 bits per heavy atom. The molecule has 2 rings (SSSR count). The second-order valence-corrected chi connectivity index (χ2v) is 5.89. The van der Waals surface area contributed by atoms with Crippen molar-refractivity contribution in [2.75, 3.05) is 25.0 Å². The second-order valence-electron chi connectivity index (χ2n) is 5.03. The third-order valence-corrected chi connectivity index (χ3v) is 4.64. The van der Waals surface area contributed by atoms with Gasteiger partial charge in [0, 0.05) is 23.1 Å². The van der Waals surface area contributed by atoms with Crippen LogP contribution in [0, 0.1) is 6.92 Å². The molecule has 2 heterocycles. The minimum Gasteiger partial charge on any atom is -0.356 e. The van der Waals surface area contributed by atoms with E-state index in [1.807, 2.05) is 6.92 Å². The van der Waals surface area contributed by atoms with E-state index in [-0.39, 0.29) is 0 Å². The van der Waals surface area contributed by atoms with Crippen molar-refractivity contribution in [2.24, 2.45) is 0 Å². The van der Waals surface area contributed by atoms with Crippen molar-refractivity contribution in [3.8, 4) is 0 Å². The minimum atomic E-state index is 0.293. The van der Waals surface area contributed by atoms with Crippen LogP contribution in [-0.4, -0.2) is 30.7 Å². The molecule has 3 nitrogen and oxygen atoms in total. The maximum absolute atomic E-state index is 4.63. The summed E-state index contributed by atoms with van der Waals surface area (Å²) in [6, 6.07) is 4.18. The zero-order valence-electron chi connectivity index (χ0n) is 10.8. The summed E-state index contributed by atoms with van der Waals surface area (Å²) in [6.45, 7) is 6.48. The van der Waals surface area contributed by atoms with Crippen molar-refractivity contribution in [1.82, 2.24) is 10.3 Å². The highest BCUT2D eigenvalue weighted by Gasteiger charge is 2.28. The summed E-state index contributed by atoms with van der Waals surface area (Å²) >= 11 is 3.49. The second kappa shape index (κ2) is 4.94. The summed E-state index contributed by atoms with van der Waals surface area (Å²) < 4.78 is 1.08. The summed E-state index contributed by atoms with van der Waals surface area (Å²) in [6.07, 6.45) is 2.33. The highest BCUT2D eigenvalue weighted by Crippen LogP contribution is 2.26. The van der Waals surface area contributed by atoms with Gasteiger partial charge < -0.3 is 10.2 Å². The van der Waals surface area contributed by atoms with E-state index in [1.165, 1.54) is 12.8 Å². The molecule has 1 aliphatic heterocycles. The number of halogens is 1. The topological polar surface area (TPSA) is 28.2 Å². The lowest BCUT2D eigenvalue weighted by Crippen LogP contribution is -2.50. The standard InChI is InChI=1S/C13H20BrN3/c1-10-11(14)4-5-12(16-10)17-8-6-13(2,15-3)7-9-17/h4-5,15H,6-9H2,1-3H3. The molecule has 0 radical (unpaired) electrons. The Bertz CT molecular complexity index is 398. The summed E-state index contributed by atoms with van der Waals surface area (Å²) in [5.74, 6) is 1.10. The van der Waals surface area contributed by atoms with E-state index in [1.54, 1.807) is 0 Å². The molecule has 94 valence electrons. The SMILES string of the molecule is CNC1(C)CCN(c2ccc(Br)c(C)n2)CC1. The Balaban J connectivity index is 2.08. The quantitative estimate of drug-likeness (QED) is 0.910. The smallest absolute Gasteiger partial charge is 0.128 e. The van der Waals surface area contributed by atoms with Gasteiger partial charge in [0.05, 0.1) is 5.69 Å². The number of rotatable bonds is 2. The molecule has 0 amide bonds. The maximum Gasteiger partial charge on any atom is 0.128 e. The monoisotopic (exact) mass is 297 g/mol. The zero-order chi connectivity index (χ0) is 12.5. The van der Waals surface area contributed by atoms with Gasteiger partial charge in [-0.2, -0.15) is 0 Å². The Labute approximate surface area is 112 Å². The van der Waals surface area contributed by atoms with Gasteiger partial charge in [-0.25, -0.2) is 4.98 Å². The van der Waals surface area contributed by atoms with Crippen LogP contribution in [0.4, 0.5) is 5.82 Å². The molecule has 1 N–H and O–H groups in total. The number of nitrogens with one attached hydrogen (secondary N) is 1. The fraction of sp³-hybridized carbons (Fsp3) is 0.615. The van der Waals surface area contributed by atoms with Crippen LogP contribution in [0.3, 0.4) is 0 Å². The number of piperidine rings is 1. The van der Waals surface area contributed by atoms with Crippen molar-refractivity contribution >= 4 is 21.7 Å². The molecule has 1 aromatic rings. The van der Waals surface area contributed by atoms with Crippen LogP contribution in [-0.2, 0) is 0 Å². The van der Waals surface area contributed by atoms with Gasteiger partial charge in [0.25, 0.3) is 0 Å². The number of nitrogens with zero attached hydrogens (tertiary/aromatic N) is 2. The van der Waals surface area contributed by atoms with Gasteiger partial charge in [-0.15, -0.1) is 0 Å². The predicted octanol–water partition coefficient (Wildman–Crippen LogP) is 2.73. The van der Waals surface area contributed by atoms with E-state index < -0.39 is 0 Å². The third kappa shape index (κ3) is 2.80. The maximum atomic E-state index is 4.63. The van der Waals surface area contributed by atoms with Crippen molar-refractivity contribution in [3.05, 3.63) is 22.3 Å². The Morgan fingerprint density at radius 3 is 2.53 bits per heavy atom. The number of aromatic nitrogens is 1. The van der Waals surface area contributed by atoms with E-state index in [4.69, 9.17) is 0 Å². The van der Waals surface area contributed by atoms with Crippen molar-refractivity contribution in [2.45, 2.75) is 32.2 Å². The number of hydrogen-bond acceptors (Lipinski definition) is 3. The van der Waals surface area contributed by atoms with Gasteiger partial charge >= 0.3 is 0 Å². The molecule has 17 heavy (non-hydrogen) atoms. The van der Waals surface area contributed by atoms with Gasteiger partial charge in [-0.1, -0.05) is 0 Å². The van der Waals surface area contributed by atoms with Gasteiger partial charge in [0.15, 0.2) is 0 Å². The Morgan fingerprint density at radius 1 is 1.35 bits per heavy atom. The molecule has 1 saturated heterocycles. The molecule has 0 aliphatic carbocycles. The molecule has 0 saturated carbocycles. The molecule has 1 aliphatic rings. The summed E-state index contributed by atoms with van der Waals surface area (Å²) in [5.41, 5.74) is 1.35. The van der Waals surface area contributed by atoms with E-state index >= 15 is 0 Å². The van der Waals surface area contributed by atoms with Crippen LogP contribution in [0.15, 0.2) is 16.6 Å². The highest BCUT2D eigenvalue weighted by molar-refractivity contribution is 9.10. The lowest BCUT2D eigenvalue weighted by Gasteiger charge is -2.39. The first-order valence-electron chi connectivity index (χ1n) is 6.11. The largest absolute Gasteiger partial charge is 0.356 e. The molecule has 0 bridgehead atoms. The molecule has 1 fully saturated rings. The highest BCUT2D eigenvalue weighted by atomic mass is 79.9. The van der Waals surface area contributed by atoms with E-state index in [2.05, 4.69) is 57.2 Å². The third-order valence-electron chi connectivity index (χ3n) is 3.80.